The molecule has 0 aliphatic heterocycles. The highest BCUT2D eigenvalue weighted by Crippen LogP contribution is 2.49. The Balaban J connectivity index is 1.54. The topological polar surface area (TPSA) is 135 Å². The molecule has 0 unspecified atom stereocenters. The number of ether oxygens (including phenoxy) is 3. The van der Waals surface area contributed by atoms with Crippen LogP contribution >= 0.6 is 0 Å². The molecule has 0 spiro atoms. The lowest BCUT2D eigenvalue weighted by atomic mass is 9.75. The number of aliphatic carboxylic acids is 1. The Kier molecular flexibility index (Phi) is 6.93. The molecule has 0 heterocycles. The first-order valence-electron chi connectivity index (χ1n) is 12.1. The van der Waals surface area contributed by atoms with Crippen molar-refractivity contribution < 1.29 is 33.7 Å². The molecular weight excluding hydrogens is 452 g/mol. The number of carbonyl (C=O) groups is 3. The van der Waals surface area contributed by atoms with Crippen molar-refractivity contribution in [2.75, 3.05) is 14.2 Å². The van der Waals surface area contributed by atoms with Gasteiger partial charge in [-0.1, -0.05) is 0 Å². The monoisotopic (exact) mass is 484 g/mol. The fourth-order valence-corrected chi connectivity index (χ4v) is 6.03. The van der Waals surface area contributed by atoms with E-state index in [4.69, 9.17) is 14.2 Å². The van der Waals surface area contributed by atoms with E-state index in [1.807, 2.05) is 0 Å². The Morgan fingerprint density at radius 2 is 1.77 bits per heavy atom. The van der Waals surface area contributed by atoms with Crippen molar-refractivity contribution in [2.24, 2.45) is 23.2 Å². The van der Waals surface area contributed by atoms with Crippen molar-refractivity contribution in [2.45, 2.75) is 64.0 Å². The van der Waals surface area contributed by atoms with Crippen molar-refractivity contribution in [3.05, 3.63) is 23.3 Å². The molecule has 9 heteroatoms. The molecule has 3 aliphatic rings. The lowest BCUT2D eigenvalue weighted by Crippen LogP contribution is -2.47. The third kappa shape index (κ3) is 4.66. The van der Waals surface area contributed by atoms with Gasteiger partial charge in [0.25, 0.3) is 5.91 Å². The summed E-state index contributed by atoms with van der Waals surface area (Å²) in [4.78, 5) is 37.3. The standard InChI is InChI=1S/C26H32N2O7/c1-26(25(31)32)8-6-17(7-9-26)35-19-12-18(20(33-2)11-16(19)13-27)23(29)28-22-15-5-4-14(10-15)21(22)24(30)34-3/h11-12,14-15,17,21-22H,4-10H2,1-3H3,(H,28,29)(H,31,32)/t14-,15+,17?,21+,22-,26?/m1/s1. The van der Waals surface area contributed by atoms with E-state index >= 15 is 0 Å². The van der Waals surface area contributed by atoms with Gasteiger partial charge in [0.15, 0.2) is 0 Å². The van der Waals surface area contributed by atoms with E-state index in [-0.39, 0.29) is 58.5 Å². The molecule has 3 aliphatic carbocycles. The minimum atomic E-state index is -0.817. The number of methoxy groups -OCH3 is 2. The van der Waals surface area contributed by atoms with Crippen LogP contribution in [0.2, 0.25) is 0 Å². The van der Waals surface area contributed by atoms with Crippen molar-refractivity contribution in [1.82, 2.24) is 5.32 Å². The van der Waals surface area contributed by atoms with Gasteiger partial charge in [0.05, 0.1) is 42.8 Å². The van der Waals surface area contributed by atoms with Gasteiger partial charge in [0, 0.05) is 12.1 Å². The number of nitrogens with zero attached hydrogens (tertiary/aromatic N) is 1. The van der Waals surface area contributed by atoms with Crippen LogP contribution in [0.25, 0.3) is 0 Å². The average molecular weight is 485 g/mol. The summed E-state index contributed by atoms with van der Waals surface area (Å²) in [6, 6.07) is 4.77. The van der Waals surface area contributed by atoms with E-state index in [2.05, 4.69) is 11.4 Å². The van der Waals surface area contributed by atoms with E-state index in [1.54, 1.807) is 6.92 Å². The molecule has 188 valence electrons. The maximum atomic E-state index is 13.4. The summed E-state index contributed by atoms with van der Waals surface area (Å²) >= 11 is 0. The van der Waals surface area contributed by atoms with Crippen molar-refractivity contribution >= 4 is 17.8 Å². The van der Waals surface area contributed by atoms with Crippen LogP contribution < -0.4 is 14.8 Å². The lowest BCUT2D eigenvalue weighted by Gasteiger charge is -2.34. The number of rotatable bonds is 7. The smallest absolute Gasteiger partial charge is 0.311 e. The second-order valence-corrected chi connectivity index (χ2v) is 10.2. The Labute approximate surface area is 204 Å². The summed E-state index contributed by atoms with van der Waals surface area (Å²) in [6.45, 7) is 1.74. The highest BCUT2D eigenvalue weighted by molar-refractivity contribution is 5.98. The second-order valence-electron chi connectivity index (χ2n) is 10.2. The molecule has 1 amide bonds. The summed E-state index contributed by atoms with van der Waals surface area (Å²) in [5.74, 6) is -0.947. The molecule has 4 atom stereocenters. The quantitative estimate of drug-likeness (QED) is 0.563. The van der Waals surface area contributed by atoms with Crippen LogP contribution in [0.4, 0.5) is 0 Å². The SMILES string of the molecule is COC(=O)[C@H]1[C@@H]2CC[C@@H](C2)[C@H]1NC(=O)c1cc(OC2CCC(C)(C(=O)O)CC2)c(C#N)cc1OC. The predicted octanol–water partition coefficient (Wildman–Crippen LogP) is 3.30. The Hall–Kier alpha value is -3.28. The molecule has 0 aromatic heterocycles. The minimum absolute atomic E-state index is 0.210. The number of amides is 1. The number of nitrogens with one attached hydrogen (secondary N) is 1. The van der Waals surface area contributed by atoms with E-state index in [9.17, 15) is 24.8 Å². The van der Waals surface area contributed by atoms with Gasteiger partial charge in [-0.25, -0.2) is 0 Å². The number of carboxylic acid groups (broad SMARTS) is 1. The Morgan fingerprint density at radius 1 is 1.09 bits per heavy atom. The number of carbonyl (C=O) groups excluding carboxylic acids is 2. The number of benzene rings is 1. The molecule has 9 nitrogen and oxygen atoms in total. The molecule has 4 rings (SSSR count). The second kappa shape index (κ2) is 9.76. The van der Waals surface area contributed by atoms with Gasteiger partial charge < -0.3 is 24.6 Å². The molecule has 2 bridgehead atoms. The van der Waals surface area contributed by atoms with Crippen LogP contribution in [0, 0.1) is 34.5 Å². The van der Waals surface area contributed by atoms with E-state index in [1.165, 1.54) is 26.4 Å². The van der Waals surface area contributed by atoms with E-state index in [0.29, 0.717) is 25.7 Å². The Bertz CT molecular complexity index is 1050. The number of carboxylic acids is 1. The molecule has 2 N–H and O–H groups in total. The zero-order valence-electron chi connectivity index (χ0n) is 20.3. The number of fused-ring (bicyclic) bond motifs is 2. The first-order chi connectivity index (χ1) is 16.7. The van der Waals surface area contributed by atoms with Gasteiger partial charge in [0.2, 0.25) is 0 Å². The number of hydrogen-bond donors (Lipinski definition) is 2. The number of nitriles is 1. The highest BCUT2D eigenvalue weighted by atomic mass is 16.5. The average Bonchev–Trinajstić information content (AvgIpc) is 3.46. The fraction of sp³-hybridized carbons (Fsp3) is 0.615. The molecule has 3 fully saturated rings. The molecule has 3 saturated carbocycles. The van der Waals surface area contributed by atoms with Crippen LogP contribution in [0.1, 0.15) is 67.8 Å². The van der Waals surface area contributed by atoms with Crippen molar-refractivity contribution in [3.63, 3.8) is 0 Å². The highest BCUT2D eigenvalue weighted by Gasteiger charge is 2.52. The van der Waals surface area contributed by atoms with Gasteiger partial charge in [0.1, 0.15) is 17.6 Å². The molecule has 0 saturated heterocycles. The normalized spacial score (nSPS) is 31.3. The van der Waals surface area contributed by atoms with Gasteiger partial charge in [-0.3, -0.25) is 14.4 Å². The van der Waals surface area contributed by atoms with Crippen LogP contribution in [-0.2, 0) is 14.3 Å². The van der Waals surface area contributed by atoms with E-state index in [0.717, 1.165) is 19.3 Å². The molecule has 1 aromatic rings. The van der Waals surface area contributed by atoms with Gasteiger partial charge >= 0.3 is 11.9 Å². The van der Waals surface area contributed by atoms with Crippen molar-refractivity contribution in [3.8, 4) is 17.6 Å². The van der Waals surface area contributed by atoms with E-state index < -0.39 is 17.3 Å². The number of esters is 1. The molecular formula is C26H32N2O7. The summed E-state index contributed by atoms with van der Waals surface area (Å²) in [5, 5.41) is 22.2. The van der Waals surface area contributed by atoms with Crippen LogP contribution in [-0.4, -0.2) is 49.3 Å². The van der Waals surface area contributed by atoms with Crippen LogP contribution in [0.15, 0.2) is 12.1 Å². The maximum absolute atomic E-state index is 13.4. The van der Waals surface area contributed by atoms with Crippen LogP contribution in [0.5, 0.6) is 11.5 Å². The molecule has 35 heavy (non-hydrogen) atoms. The summed E-state index contributed by atoms with van der Waals surface area (Å²) in [6.07, 6.45) is 4.56. The van der Waals surface area contributed by atoms with Crippen molar-refractivity contribution in [1.29, 1.82) is 5.26 Å². The van der Waals surface area contributed by atoms with Gasteiger partial charge in [-0.2, -0.15) is 5.26 Å². The first-order valence-corrected chi connectivity index (χ1v) is 12.1. The Morgan fingerprint density at radius 3 is 2.37 bits per heavy atom. The minimum Gasteiger partial charge on any atom is -0.496 e. The van der Waals surface area contributed by atoms with Gasteiger partial charge in [-0.15, -0.1) is 0 Å². The fourth-order valence-electron chi connectivity index (χ4n) is 6.03. The summed E-state index contributed by atoms with van der Waals surface area (Å²) in [5.41, 5.74) is -0.323. The third-order valence-electron chi connectivity index (χ3n) is 8.20. The van der Waals surface area contributed by atoms with Crippen LogP contribution in [0.3, 0.4) is 0 Å². The predicted molar refractivity (Wildman–Crippen MR) is 124 cm³/mol. The van der Waals surface area contributed by atoms with Gasteiger partial charge in [-0.05, 0) is 69.8 Å². The third-order valence-corrected chi connectivity index (χ3v) is 8.20. The largest absolute Gasteiger partial charge is 0.496 e. The maximum Gasteiger partial charge on any atom is 0.311 e. The molecule has 0 radical (unpaired) electrons. The summed E-state index contributed by atoms with van der Waals surface area (Å²) in [7, 11) is 2.79. The molecule has 1 aromatic carbocycles. The lowest BCUT2D eigenvalue weighted by molar-refractivity contribution is -0.151. The number of hydrogen-bond acceptors (Lipinski definition) is 7. The zero-order valence-corrected chi connectivity index (χ0v) is 20.3. The first kappa shape index (κ1) is 24.8. The summed E-state index contributed by atoms with van der Waals surface area (Å²) < 4.78 is 16.5. The zero-order chi connectivity index (χ0) is 25.3.